The number of fused-ring (bicyclic) bond motifs is 1. The molecule has 3 atom stereocenters. The summed E-state index contributed by atoms with van der Waals surface area (Å²) in [4.78, 5) is 20.8. The molecule has 3 aromatic rings. The maximum Gasteiger partial charge on any atom is 0.276 e. The van der Waals surface area contributed by atoms with Gasteiger partial charge < -0.3 is 14.1 Å². The number of amides is 1. The van der Waals surface area contributed by atoms with E-state index in [0.29, 0.717) is 36.5 Å². The van der Waals surface area contributed by atoms with Crippen molar-refractivity contribution >= 4 is 24.6 Å². The van der Waals surface area contributed by atoms with Gasteiger partial charge in [0.1, 0.15) is 0 Å². The molecule has 2 aliphatic rings. The predicted molar refractivity (Wildman–Crippen MR) is 159 cm³/mol. The maximum atomic E-state index is 14.1. The van der Waals surface area contributed by atoms with E-state index in [1.54, 1.807) is 0 Å². The van der Waals surface area contributed by atoms with Crippen molar-refractivity contribution in [2.24, 2.45) is 11.8 Å². The highest BCUT2D eigenvalue weighted by molar-refractivity contribution is 6.99. The van der Waals surface area contributed by atoms with E-state index < -0.39 is 8.32 Å². The first kappa shape index (κ1) is 27.6. The van der Waals surface area contributed by atoms with Crippen LogP contribution in [0.3, 0.4) is 0 Å². The molecule has 2 aromatic carbocycles. The fourth-order valence-corrected chi connectivity index (χ4v) is 10.9. The van der Waals surface area contributed by atoms with Gasteiger partial charge in [-0.15, -0.1) is 0 Å². The van der Waals surface area contributed by atoms with Crippen LogP contribution in [0.15, 0.2) is 72.8 Å². The number of aryl methyl sites for hydroxylation is 1. The van der Waals surface area contributed by atoms with Gasteiger partial charge in [-0.3, -0.25) is 4.79 Å². The first-order valence-electron chi connectivity index (χ1n) is 14.4. The average molecular weight is 543 g/mol. The van der Waals surface area contributed by atoms with E-state index in [1.807, 2.05) is 24.0 Å². The Morgan fingerprint density at radius 2 is 1.59 bits per heavy atom. The van der Waals surface area contributed by atoms with Crippen molar-refractivity contribution < 1.29 is 14.0 Å². The van der Waals surface area contributed by atoms with E-state index in [0.717, 1.165) is 25.1 Å². The lowest BCUT2D eigenvalue weighted by molar-refractivity contribution is 0.0493. The first-order valence-corrected chi connectivity index (χ1v) is 16.3. The zero-order chi connectivity index (χ0) is 27.6. The van der Waals surface area contributed by atoms with Crippen LogP contribution in [0.1, 0.15) is 63.1 Å². The van der Waals surface area contributed by atoms with Gasteiger partial charge in [0.05, 0.1) is 19.3 Å². The van der Waals surface area contributed by atoms with Crippen LogP contribution in [0.4, 0.5) is 0 Å². The van der Waals surface area contributed by atoms with Gasteiger partial charge in [-0.25, -0.2) is 4.98 Å². The Labute approximate surface area is 234 Å². The molecule has 1 aliphatic carbocycles. The fraction of sp³-hybridized carbons (Fsp3) is 0.455. The number of nitrogens with zero attached hydrogens (tertiary/aromatic N) is 2. The molecule has 1 aromatic heterocycles. The summed E-state index contributed by atoms with van der Waals surface area (Å²) in [6, 6.07) is 25.3. The molecule has 1 aliphatic heterocycles. The molecule has 1 unspecified atom stereocenters. The van der Waals surface area contributed by atoms with Gasteiger partial charge in [0.15, 0.2) is 11.4 Å². The number of aromatic nitrogens is 1. The number of benzene rings is 2. The molecule has 2 heterocycles. The summed E-state index contributed by atoms with van der Waals surface area (Å²) in [6.07, 6.45) is 3.05. The number of ether oxygens (including phenoxy) is 1. The highest BCUT2D eigenvalue weighted by Crippen LogP contribution is 2.48. The molecule has 5 nitrogen and oxygen atoms in total. The van der Waals surface area contributed by atoms with Crippen molar-refractivity contribution in [3.05, 3.63) is 84.2 Å². The van der Waals surface area contributed by atoms with E-state index in [1.165, 1.54) is 16.8 Å². The number of rotatable bonds is 9. The molecule has 1 saturated heterocycles. The molecule has 1 saturated carbocycles. The van der Waals surface area contributed by atoms with Crippen molar-refractivity contribution in [2.45, 2.75) is 65.0 Å². The summed E-state index contributed by atoms with van der Waals surface area (Å²) < 4.78 is 13.3. The van der Waals surface area contributed by atoms with Crippen LogP contribution in [0, 0.1) is 18.8 Å². The topological polar surface area (TPSA) is 51.7 Å². The Morgan fingerprint density at radius 3 is 2.18 bits per heavy atom. The van der Waals surface area contributed by atoms with Crippen LogP contribution >= 0.6 is 0 Å². The molecule has 0 bridgehead atoms. The smallest absolute Gasteiger partial charge is 0.276 e. The zero-order valence-electron chi connectivity index (χ0n) is 24.0. The minimum atomic E-state index is -2.70. The van der Waals surface area contributed by atoms with Crippen molar-refractivity contribution in [1.29, 1.82) is 0 Å². The molecule has 0 radical (unpaired) electrons. The van der Waals surface area contributed by atoms with E-state index >= 15 is 0 Å². The molecular formula is C33H42N2O3Si. The van der Waals surface area contributed by atoms with Crippen molar-refractivity contribution in [3.8, 4) is 5.75 Å². The molecule has 6 heteroatoms. The Balaban J connectivity index is 1.49. The first-order chi connectivity index (χ1) is 18.7. The van der Waals surface area contributed by atoms with E-state index in [2.05, 4.69) is 93.3 Å². The Kier molecular flexibility index (Phi) is 7.97. The van der Waals surface area contributed by atoms with Gasteiger partial charge in [0, 0.05) is 12.2 Å². The molecular weight excluding hydrogens is 500 g/mol. The standard InChI is InChI=1S/C33H42N2O3Si/c1-6-19-37-30-18-17-24(2)34-31(30)32(36)35-22-26-20-25(26)21-27(35)23-38-39(33(3,4)5,28-13-9-7-10-14-28)29-15-11-8-12-16-29/h7-18,25-27H,6,19-23H2,1-5H3/t25?,26-,27-/m0/s1. The number of hydrogen-bond acceptors (Lipinski definition) is 4. The summed E-state index contributed by atoms with van der Waals surface area (Å²) in [6.45, 7) is 12.7. The Hall–Kier alpha value is -2.96. The van der Waals surface area contributed by atoms with Crippen LogP contribution in [0.2, 0.25) is 5.04 Å². The molecule has 2 fully saturated rings. The molecule has 39 heavy (non-hydrogen) atoms. The predicted octanol–water partition coefficient (Wildman–Crippen LogP) is 5.61. The second kappa shape index (κ2) is 11.3. The highest BCUT2D eigenvalue weighted by atomic mass is 28.4. The van der Waals surface area contributed by atoms with E-state index in [4.69, 9.17) is 9.16 Å². The number of carbonyl (C=O) groups is 1. The lowest BCUT2D eigenvalue weighted by atomic mass is 10.0. The fourth-order valence-electron chi connectivity index (χ4n) is 6.25. The summed E-state index contributed by atoms with van der Waals surface area (Å²) in [5.74, 6) is 1.81. The molecule has 206 valence electrons. The van der Waals surface area contributed by atoms with Crippen molar-refractivity contribution in [2.75, 3.05) is 19.8 Å². The molecule has 5 rings (SSSR count). The third-order valence-electron chi connectivity index (χ3n) is 8.35. The van der Waals surface area contributed by atoms with Crippen LogP contribution in [-0.4, -0.2) is 49.9 Å². The average Bonchev–Trinajstić information content (AvgIpc) is 3.71. The normalized spacial score (nSPS) is 20.8. The lowest BCUT2D eigenvalue weighted by Gasteiger charge is -2.45. The quantitative estimate of drug-likeness (QED) is 0.330. The summed E-state index contributed by atoms with van der Waals surface area (Å²) >= 11 is 0. The number of piperidine rings is 1. The Bertz CT molecular complexity index is 1240. The second-order valence-electron chi connectivity index (χ2n) is 12.2. The summed E-state index contributed by atoms with van der Waals surface area (Å²) in [5, 5.41) is 2.41. The molecule has 0 N–H and O–H groups in total. The van der Waals surface area contributed by atoms with Gasteiger partial charge in [-0.2, -0.15) is 0 Å². The van der Waals surface area contributed by atoms with Crippen LogP contribution in [-0.2, 0) is 4.43 Å². The zero-order valence-corrected chi connectivity index (χ0v) is 25.0. The third-order valence-corrected chi connectivity index (χ3v) is 13.4. The minimum absolute atomic E-state index is 0.00392. The summed E-state index contributed by atoms with van der Waals surface area (Å²) in [7, 11) is -2.70. The Morgan fingerprint density at radius 1 is 0.949 bits per heavy atom. The molecule has 1 amide bonds. The number of likely N-dealkylation sites (tertiary alicyclic amines) is 1. The van der Waals surface area contributed by atoms with Gasteiger partial charge in [-0.05, 0) is 65.6 Å². The van der Waals surface area contributed by atoms with Gasteiger partial charge in [0.2, 0.25) is 0 Å². The summed E-state index contributed by atoms with van der Waals surface area (Å²) in [5.41, 5.74) is 1.25. The second-order valence-corrected chi connectivity index (χ2v) is 16.5. The number of pyridine rings is 1. The van der Waals surface area contributed by atoms with E-state index in [-0.39, 0.29) is 17.0 Å². The minimum Gasteiger partial charge on any atom is -0.491 e. The maximum absolute atomic E-state index is 14.1. The lowest BCUT2D eigenvalue weighted by Crippen LogP contribution is -2.67. The van der Waals surface area contributed by atoms with Gasteiger partial charge in [-0.1, -0.05) is 88.4 Å². The number of carbonyl (C=O) groups excluding carboxylic acids is 1. The van der Waals surface area contributed by atoms with E-state index in [9.17, 15) is 4.79 Å². The van der Waals surface area contributed by atoms with Crippen molar-refractivity contribution in [3.63, 3.8) is 0 Å². The largest absolute Gasteiger partial charge is 0.491 e. The third kappa shape index (κ3) is 5.55. The highest BCUT2D eigenvalue weighted by Gasteiger charge is 2.52. The van der Waals surface area contributed by atoms with Crippen LogP contribution in [0.5, 0.6) is 5.75 Å². The van der Waals surface area contributed by atoms with Gasteiger partial charge >= 0.3 is 0 Å². The van der Waals surface area contributed by atoms with Crippen LogP contribution < -0.4 is 15.1 Å². The SMILES string of the molecule is CCCOc1ccc(C)nc1C(=O)N1C[C@@H]2CC2C[C@H]1CO[Si](c1ccccc1)(c1ccccc1)C(C)(C)C. The van der Waals surface area contributed by atoms with Gasteiger partial charge in [0.25, 0.3) is 14.2 Å². The molecule has 0 spiro atoms. The monoisotopic (exact) mass is 542 g/mol. The number of hydrogen-bond donors (Lipinski definition) is 0. The van der Waals surface area contributed by atoms with Crippen molar-refractivity contribution in [1.82, 2.24) is 9.88 Å². The van der Waals surface area contributed by atoms with Crippen LogP contribution in [0.25, 0.3) is 0 Å².